The summed E-state index contributed by atoms with van der Waals surface area (Å²) in [6, 6.07) is 9.89. The molecule has 0 fully saturated rings. The molecule has 0 aliphatic rings. The maximum absolute atomic E-state index is 11.1. The van der Waals surface area contributed by atoms with Gasteiger partial charge < -0.3 is 5.11 Å². The van der Waals surface area contributed by atoms with E-state index in [1.54, 1.807) is 19.3 Å². The molecule has 0 spiro atoms. The summed E-state index contributed by atoms with van der Waals surface area (Å²) in [5, 5.41) is 9.67. The van der Waals surface area contributed by atoms with E-state index in [4.69, 9.17) is 5.11 Å². The van der Waals surface area contributed by atoms with Crippen LogP contribution in [0, 0.1) is 6.92 Å². The van der Waals surface area contributed by atoms with E-state index in [0.29, 0.717) is 22.1 Å². The summed E-state index contributed by atoms with van der Waals surface area (Å²) in [6.45, 7) is 1.68. The van der Waals surface area contributed by atoms with Gasteiger partial charge in [-0.3, -0.25) is 4.98 Å². The Bertz CT molecular complexity index is 873. The van der Waals surface area contributed by atoms with E-state index in [0.717, 1.165) is 16.9 Å². The summed E-state index contributed by atoms with van der Waals surface area (Å²) in [5.41, 5.74) is 2.82. The van der Waals surface area contributed by atoms with E-state index in [1.807, 2.05) is 42.5 Å². The zero-order chi connectivity index (χ0) is 16.2. The van der Waals surface area contributed by atoms with Gasteiger partial charge in [0.2, 0.25) is 0 Å². The van der Waals surface area contributed by atoms with E-state index in [2.05, 4.69) is 15.0 Å². The Kier molecular flexibility index (Phi) is 4.25. The second kappa shape index (κ2) is 6.50. The molecule has 5 nitrogen and oxygen atoms in total. The van der Waals surface area contributed by atoms with Crippen molar-refractivity contribution in [1.82, 2.24) is 15.0 Å². The molecular weight excluding hydrogens is 310 g/mol. The quantitative estimate of drug-likeness (QED) is 0.791. The largest absolute Gasteiger partial charge is 0.477 e. The Morgan fingerprint density at radius 3 is 2.61 bits per heavy atom. The summed E-state index contributed by atoms with van der Waals surface area (Å²) in [7, 11) is 0. The summed E-state index contributed by atoms with van der Waals surface area (Å²) in [5.74, 6) is -0.973. The molecule has 2 heterocycles. The number of hydrogen-bond acceptors (Lipinski definition) is 5. The van der Waals surface area contributed by atoms with Crippen molar-refractivity contribution in [2.45, 2.75) is 6.92 Å². The first-order chi connectivity index (χ1) is 11.1. The molecule has 1 N–H and O–H groups in total. The average Bonchev–Trinajstić information content (AvgIpc) is 2.96. The molecule has 0 atom stereocenters. The fourth-order valence-corrected chi connectivity index (χ4v) is 2.87. The highest BCUT2D eigenvalue weighted by Gasteiger charge is 2.15. The third kappa shape index (κ3) is 3.49. The zero-order valence-electron chi connectivity index (χ0n) is 12.3. The van der Waals surface area contributed by atoms with Gasteiger partial charge in [-0.15, -0.1) is 11.3 Å². The van der Waals surface area contributed by atoms with E-state index in [-0.39, 0.29) is 4.88 Å². The fourth-order valence-electron chi connectivity index (χ4n) is 2.01. The molecule has 0 unspecified atom stereocenters. The standard InChI is InChI=1S/C17H13N3O2S/c1-11-15(17(21)22)23-16(19-11)14-10-18-9-13(20-14)8-7-12-5-3-2-4-6-12/h2-10H,1H3,(H,21,22). The minimum Gasteiger partial charge on any atom is -0.477 e. The lowest BCUT2D eigenvalue weighted by atomic mass is 10.2. The second-order valence-electron chi connectivity index (χ2n) is 4.81. The molecular formula is C17H13N3O2S. The lowest BCUT2D eigenvalue weighted by Gasteiger charge is -1.97. The molecule has 0 aliphatic heterocycles. The van der Waals surface area contributed by atoms with Gasteiger partial charge in [-0.2, -0.15) is 0 Å². The van der Waals surface area contributed by atoms with Crippen molar-refractivity contribution in [3.63, 3.8) is 0 Å². The van der Waals surface area contributed by atoms with Gasteiger partial charge in [-0.25, -0.2) is 14.8 Å². The predicted octanol–water partition coefficient (Wildman–Crippen LogP) is 3.78. The van der Waals surface area contributed by atoms with Crippen LogP contribution in [0.5, 0.6) is 0 Å². The van der Waals surface area contributed by atoms with E-state index in [9.17, 15) is 4.79 Å². The number of carboxylic acid groups (broad SMARTS) is 1. The molecule has 1 aromatic carbocycles. The Labute approximate surface area is 137 Å². The molecule has 3 rings (SSSR count). The monoisotopic (exact) mass is 323 g/mol. The molecule has 114 valence electrons. The highest BCUT2D eigenvalue weighted by Crippen LogP contribution is 2.26. The summed E-state index contributed by atoms with van der Waals surface area (Å²) < 4.78 is 0. The summed E-state index contributed by atoms with van der Waals surface area (Å²) in [4.78, 5) is 24.3. The Hall–Kier alpha value is -2.86. The summed E-state index contributed by atoms with van der Waals surface area (Å²) >= 11 is 1.11. The number of hydrogen-bond donors (Lipinski definition) is 1. The van der Waals surface area contributed by atoms with Crippen LogP contribution in [0.2, 0.25) is 0 Å². The van der Waals surface area contributed by atoms with Crippen LogP contribution in [0.4, 0.5) is 0 Å². The maximum atomic E-state index is 11.1. The van der Waals surface area contributed by atoms with Gasteiger partial charge >= 0.3 is 5.97 Å². The smallest absolute Gasteiger partial charge is 0.347 e. The first kappa shape index (κ1) is 15.1. The molecule has 23 heavy (non-hydrogen) atoms. The molecule has 0 aliphatic carbocycles. The normalized spacial score (nSPS) is 11.0. The number of aromatic nitrogens is 3. The van der Waals surface area contributed by atoms with Crippen molar-refractivity contribution in [3.05, 3.63) is 64.6 Å². The van der Waals surface area contributed by atoms with Gasteiger partial charge in [-0.05, 0) is 18.6 Å². The Balaban J connectivity index is 1.90. The van der Waals surface area contributed by atoms with Gasteiger partial charge in [-0.1, -0.05) is 36.4 Å². The predicted molar refractivity (Wildman–Crippen MR) is 90.2 cm³/mol. The van der Waals surface area contributed by atoms with Crippen LogP contribution in [0.25, 0.3) is 22.9 Å². The van der Waals surface area contributed by atoms with Crippen LogP contribution in [-0.4, -0.2) is 26.0 Å². The number of rotatable bonds is 4. The second-order valence-corrected chi connectivity index (χ2v) is 5.81. The van der Waals surface area contributed by atoms with Crippen LogP contribution in [0.1, 0.15) is 26.6 Å². The van der Waals surface area contributed by atoms with E-state index < -0.39 is 5.97 Å². The van der Waals surface area contributed by atoms with Gasteiger partial charge in [0.25, 0.3) is 0 Å². The van der Waals surface area contributed by atoms with Crippen LogP contribution < -0.4 is 0 Å². The number of thiazole rings is 1. The number of aryl methyl sites for hydroxylation is 1. The van der Waals surface area contributed by atoms with Gasteiger partial charge in [0.05, 0.1) is 23.8 Å². The van der Waals surface area contributed by atoms with Crippen molar-refractivity contribution in [1.29, 1.82) is 0 Å². The van der Waals surface area contributed by atoms with Crippen molar-refractivity contribution < 1.29 is 9.90 Å². The average molecular weight is 323 g/mol. The van der Waals surface area contributed by atoms with Crippen LogP contribution in [-0.2, 0) is 0 Å². The molecule has 6 heteroatoms. The minimum absolute atomic E-state index is 0.229. The third-order valence-corrected chi connectivity index (χ3v) is 4.28. The third-order valence-electron chi connectivity index (χ3n) is 3.11. The lowest BCUT2D eigenvalue weighted by molar-refractivity contribution is 0.0701. The maximum Gasteiger partial charge on any atom is 0.347 e. The Morgan fingerprint density at radius 1 is 1.13 bits per heavy atom. The van der Waals surface area contributed by atoms with Crippen molar-refractivity contribution in [2.24, 2.45) is 0 Å². The Morgan fingerprint density at radius 2 is 1.91 bits per heavy atom. The lowest BCUT2D eigenvalue weighted by Crippen LogP contribution is -1.94. The molecule has 3 aromatic rings. The topological polar surface area (TPSA) is 76.0 Å². The molecule has 0 saturated heterocycles. The van der Waals surface area contributed by atoms with E-state index >= 15 is 0 Å². The number of nitrogens with zero attached hydrogens (tertiary/aromatic N) is 3. The molecule has 0 bridgehead atoms. The highest BCUT2D eigenvalue weighted by molar-refractivity contribution is 7.17. The van der Waals surface area contributed by atoms with Gasteiger partial charge in [0.15, 0.2) is 0 Å². The number of carboxylic acids is 1. The molecule has 2 aromatic heterocycles. The van der Waals surface area contributed by atoms with Gasteiger partial charge in [0, 0.05) is 0 Å². The fraction of sp³-hybridized carbons (Fsp3) is 0.0588. The molecule has 0 saturated carbocycles. The summed E-state index contributed by atoms with van der Waals surface area (Å²) in [6.07, 6.45) is 7.05. The minimum atomic E-state index is -0.973. The van der Waals surface area contributed by atoms with Gasteiger partial charge in [0.1, 0.15) is 15.6 Å². The van der Waals surface area contributed by atoms with Crippen molar-refractivity contribution >= 4 is 29.5 Å². The first-order valence-electron chi connectivity index (χ1n) is 6.90. The zero-order valence-corrected chi connectivity index (χ0v) is 13.1. The van der Waals surface area contributed by atoms with Crippen LogP contribution in [0.15, 0.2) is 42.7 Å². The molecule has 0 radical (unpaired) electrons. The van der Waals surface area contributed by atoms with E-state index in [1.165, 1.54) is 0 Å². The number of benzene rings is 1. The SMILES string of the molecule is Cc1nc(-c2cncc(C=Cc3ccccc3)n2)sc1C(=O)O. The van der Waals surface area contributed by atoms with Crippen molar-refractivity contribution in [3.8, 4) is 10.7 Å². The van der Waals surface area contributed by atoms with Crippen LogP contribution in [0.3, 0.4) is 0 Å². The van der Waals surface area contributed by atoms with Crippen molar-refractivity contribution in [2.75, 3.05) is 0 Å². The number of aromatic carboxylic acids is 1. The molecule has 0 amide bonds. The number of carbonyl (C=O) groups is 1. The highest BCUT2D eigenvalue weighted by atomic mass is 32.1. The van der Waals surface area contributed by atoms with Crippen LogP contribution >= 0.6 is 11.3 Å². The first-order valence-corrected chi connectivity index (χ1v) is 7.71.